The van der Waals surface area contributed by atoms with E-state index in [2.05, 4.69) is 46.6 Å². The molecule has 0 aliphatic carbocycles. The first-order valence-corrected chi connectivity index (χ1v) is 10.6. The molecule has 0 spiro atoms. The molecule has 0 unspecified atom stereocenters. The molecule has 2 heterocycles. The van der Waals surface area contributed by atoms with E-state index in [1.165, 1.54) is 11.1 Å². The normalized spacial score (nSPS) is 23.5. The van der Waals surface area contributed by atoms with Crippen LogP contribution in [0.15, 0.2) is 60.7 Å². The Morgan fingerprint density at radius 1 is 1.03 bits per heavy atom. The highest BCUT2D eigenvalue weighted by atomic mass is 35.5. The number of hydrogen-bond acceptors (Lipinski definition) is 4. The second-order valence-electron chi connectivity index (χ2n) is 8.41. The van der Waals surface area contributed by atoms with Gasteiger partial charge in [0.15, 0.2) is 0 Å². The zero-order valence-electron chi connectivity index (χ0n) is 17.3. The zero-order chi connectivity index (χ0) is 20.1. The molecule has 6 heteroatoms. The van der Waals surface area contributed by atoms with E-state index < -0.39 is 0 Å². The summed E-state index contributed by atoms with van der Waals surface area (Å²) in [7, 11) is 0. The third kappa shape index (κ3) is 5.22. The summed E-state index contributed by atoms with van der Waals surface area (Å²) in [4.78, 5) is 14.9. The van der Waals surface area contributed by atoms with Crippen molar-refractivity contribution in [1.29, 1.82) is 0 Å². The Labute approximate surface area is 185 Å². The summed E-state index contributed by atoms with van der Waals surface area (Å²) in [5.74, 6) is 0.364. The van der Waals surface area contributed by atoms with Gasteiger partial charge in [-0.05, 0) is 24.0 Å². The van der Waals surface area contributed by atoms with Crippen LogP contribution in [-0.2, 0) is 14.9 Å². The van der Waals surface area contributed by atoms with E-state index in [9.17, 15) is 4.79 Å². The standard InChI is InChI=1S/C24H31N3O2.ClH/c25-22-16-27(15-21(22)19-7-3-1-4-8-19)17-23(28)26-18-24(11-13-29-14-12-24)20-9-5-2-6-10-20;/h1-10,21-22H,11-18,25H2,(H,26,28);1H/t21-,22+;/m0./s1. The van der Waals surface area contributed by atoms with Gasteiger partial charge < -0.3 is 15.8 Å². The average molecular weight is 430 g/mol. The number of likely N-dealkylation sites (tertiary alicyclic amines) is 1. The zero-order valence-corrected chi connectivity index (χ0v) is 18.2. The summed E-state index contributed by atoms with van der Waals surface area (Å²) in [6.07, 6.45) is 1.87. The number of carbonyl (C=O) groups is 1. The Bertz CT molecular complexity index is 797. The van der Waals surface area contributed by atoms with Crippen molar-refractivity contribution in [2.75, 3.05) is 39.4 Å². The fourth-order valence-corrected chi connectivity index (χ4v) is 4.74. The number of rotatable bonds is 6. The van der Waals surface area contributed by atoms with E-state index in [0.29, 0.717) is 13.1 Å². The van der Waals surface area contributed by atoms with Gasteiger partial charge in [-0.15, -0.1) is 12.4 Å². The Balaban J connectivity index is 0.00000256. The van der Waals surface area contributed by atoms with Crippen LogP contribution in [0.25, 0.3) is 0 Å². The van der Waals surface area contributed by atoms with E-state index in [4.69, 9.17) is 10.5 Å². The fraction of sp³-hybridized carbons (Fsp3) is 0.458. The van der Waals surface area contributed by atoms with Crippen LogP contribution in [0, 0.1) is 0 Å². The van der Waals surface area contributed by atoms with Gasteiger partial charge in [-0.25, -0.2) is 0 Å². The summed E-state index contributed by atoms with van der Waals surface area (Å²) in [6, 6.07) is 21.0. The van der Waals surface area contributed by atoms with Gasteiger partial charge in [-0.3, -0.25) is 9.69 Å². The molecular formula is C24H32ClN3O2. The maximum atomic E-state index is 12.7. The average Bonchev–Trinajstić information content (AvgIpc) is 3.14. The molecule has 0 saturated carbocycles. The molecule has 2 aromatic carbocycles. The van der Waals surface area contributed by atoms with Crippen LogP contribution in [-0.4, -0.2) is 56.2 Å². The SMILES string of the molecule is Cl.N[C@@H]1CN(CC(=O)NCC2(c3ccccc3)CCOCC2)C[C@H]1c1ccccc1. The minimum Gasteiger partial charge on any atom is -0.381 e. The van der Waals surface area contributed by atoms with E-state index >= 15 is 0 Å². The Hall–Kier alpha value is -1.92. The third-order valence-corrected chi connectivity index (χ3v) is 6.50. The maximum Gasteiger partial charge on any atom is 0.234 e. The molecule has 2 saturated heterocycles. The second kappa shape index (κ2) is 10.4. The highest BCUT2D eigenvalue weighted by molar-refractivity contribution is 5.85. The van der Waals surface area contributed by atoms with E-state index in [0.717, 1.165) is 39.1 Å². The lowest BCUT2D eigenvalue weighted by Crippen LogP contribution is -2.47. The first-order chi connectivity index (χ1) is 14.2. The molecule has 162 valence electrons. The number of ether oxygens (including phenoxy) is 1. The van der Waals surface area contributed by atoms with Gasteiger partial charge in [0, 0.05) is 50.2 Å². The lowest BCUT2D eigenvalue weighted by Gasteiger charge is -2.38. The van der Waals surface area contributed by atoms with Gasteiger partial charge in [-0.1, -0.05) is 60.7 Å². The third-order valence-electron chi connectivity index (χ3n) is 6.50. The Morgan fingerprint density at radius 3 is 2.33 bits per heavy atom. The molecule has 0 bridgehead atoms. The van der Waals surface area contributed by atoms with Gasteiger partial charge in [0.2, 0.25) is 5.91 Å². The van der Waals surface area contributed by atoms with Crippen molar-refractivity contribution in [1.82, 2.24) is 10.2 Å². The Kier molecular flexibility index (Phi) is 7.89. The maximum absolute atomic E-state index is 12.7. The van der Waals surface area contributed by atoms with Crippen LogP contribution >= 0.6 is 12.4 Å². The molecule has 0 aromatic heterocycles. The number of nitrogens with two attached hydrogens (primary N) is 1. The summed E-state index contributed by atoms with van der Waals surface area (Å²) >= 11 is 0. The van der Waals surface area contributed by atoms with Gasteiger partial charge in [0.05, 0.1) is 6.54 Å². The lowest BCUT2D eigenvalue weighted by atomic mass is 9.74. The molecule has 2 atom stereocenters. The Morgan fingerprint density at radius 2 is 1.67 bits per heavy atom. The molecule has 2 aliphatic heterocycles. The van der Waals surface area contributed by atoms with E-state index in [1.807, 2.05) is 24.3 Å². The molecule has 30 heavy (non-hydrogen) atoms. The van der Waals surface area contributed by atoms with Crippen LogP contribution in [0.5, 0.6) is 0 Å². The van der Waals surface area contributed by atoms with Crippen LogP contribution in [0.1, 0.15) is 29.9 Å². The van der Waals surface area contributed by atoms with Crippen LogP contribution in [0.2, 0.25) is 0 Å². The summed E-state index contributed by atoms with van der Waals surface area (Å²) < 4.78 is 5.59. The van der Waals surface area contributed by atoms with E-state index in [-0.39, 0.29) is 35.7 Å². The fourth-order valence-electron chi connectivity index (χ4n) is 4.74. The molecule has 2 aromatic rings. The van der Waals surface area contributed by atoms with Gasteiger partial charge in [0.1, 0.15) is 0 Å². The number of nitrogens with one attached hydrogen (secondary N) is 1. The van der Waals surface area contributed by atoms with E-state index in [1.54, 1.807) is 0 Å². The van der Waals surface area contributed by atoms with Crippen molar-refractivity contribution in [2.45, 2.75) is 30.2 Å². The van der Waals surface area contributed by atoms with Crippen molar-refractivity contribution in [3.8, 4) is 0 Å². The monoisotopic (exact) mass is 429 g/mol. The smallest absolute Gasteiger partial charge is 0.234 e. The van der Waals surface area contributed by atoms with Gasteiger partial charge in [0.25, 0.3) is 0 Å². The van der Waals surface area contributed by atoms with Crippen LogP contribution in [0.3, 0.4) is 0 Å². The molecule has 2 fully saturated rings. The lowest BCUT2D eigenvalue weighted by molar-refractivity contribution is -0.122. The largest absolute Gasteiger partial charge is 0.381 e. The molecule has 2 aliphatic rings. The van der Waals surface area contributed by atoms with Crippen molar-refractivity contribution < 1.29 is 9.53 Å². The first kappa shape index (κ1) is 22.8. The van der Waals surface area contributed by atoms with Gasteiger partial charge >= 0.3 is 0 Å². The predicted molar refractivity (Wildman–Crippen MR) is 122 cm³/mol. The highest BCUT2D eigenvalue weighted by Gasteiger charge is 2.36. The second-order valence-corrected chi connectivity index (χ2v) is 8.41. The van der Waals surface area contributed by atoms with Crippen molar-refractivity contribution in [3.05, 3.63) is 71.8 Å². The molecule has 5 nitrogen and oxygen atoms in total. The van der Waals surface area contributed by atoms with Crippen molar-refractivity contribution in [2.24, 2.45) is 5.73 Å². The number of hydrogen-bond donors (Lipinski definition) is 2. The topological polar surface area (TPSA) is 67.6 Å². The number of halogens is 1. The molecule has 0 radical (unpaired) electrons. The van der Waals surface area contributed by atoms with Gasteiger partial charge in [-0.2, -0.15) is 0 Å². The van der Waals surface area contributed by atoms with Crippen molar-refractivity contribution >= 4 is 18.3 Å². The molecule has 1 amide bonds. The van der Waals surface area contributed by atoms with Crippen LogP contribution < -0.4 is 11.1 Å². The number of amides is 1. The summed E-state index contributed by atoms with van der Waals surface area (Å²) in [5, 5.41) is 3.21. The van der Waals surface area contributed by atoms with Crippen LogP contribution in [0.4, 0.5) is 0 Å². The highest BCUT2D eigenvalue weighted by Crippen LogP contribution is 2.34. The van der Waals surface area contributed by atoms with Crippen molar-refractivity contribution in [3.63, 3.8) is 0 Å². The first-order valence-electron chi connectivity index (χ1n) is 10.6. The summed E-state index contributed by atoms with van der Waals surface area (Å²) in [5.41, 5.74) is 8.88. The molecule has 3 N–H and O–H groups in total. The minimum absolute atomic E-state index is 0. The molecule has 4 rings (SSSR count). The quantitative estimate of drug-likeness (QED) is 0.740. The predicted octanol–water partition coefficient (Wildman–Crippen LogP) is 2.70. The number of nitrogens with zero attached hydrogens (tertiary/aromatic N) is 1. The minimum atomic E-state index is -0.0385. The summed E-state index contributed by atoms with van der Waals surface area (Å²) in [6.45, 7) is 4.12. The molecular weight excluding hydrogens is 398 g/mol. The number of carbonyl (C=O) groups excluding carboxylic acids is 1. The number of benzene rings is 2.